The minimum absolute atomic E-state index is 0.0763. The summed E-state index contributed by atoms with van der Waals surface area (Å²) < 4.78 is 5.42. The Labute approximate surface area is 160 Å². The predicted molar refractivity (Wildman–Crippen MR) is 106 cm³/mol. The van der Waals surface area contributed by atoms with Crippen molar-refractivity contribution in [1.82, 2.24) is 5.32 Å². The first-order valence-corrected chi connectivity index (χ1v) is 8.84. The van der Waals surface area contributed by atoms with Crippen LogP contribution < -0.4 is 10.1 Å². The topological polar surface area (TPSA) is 88.0 Å². The summed E-state index contributed by atoms with van der Waals surface area (Å²) in [7, 11) is 0. The molecule has 0 aromatic heterocycles. The molecule has 7 heteroatoms. The number of hydrogen-bond donors (Lipinski definition) is 2. The van der Waals surface area contributed by atoms with Crippen molar-refractivity contribution in [2.45, 2.75) is 0 Å². The quantitative estimate of drug-likeness (QED) is 0.587. The first kappa shape index (κ1) is 18.5. The van der Waals surface area contributed by atoms with Crippen LogP contribution in [0.3, 0.4) is 0 Å². The molecule has 2 aromatic carbocycles. The minimum Gasteiger partial charge on any atom is -0.490 e. The zero-order valence-electron chi connectivity index (χ0n) is 14.2. The molecule has 1 aliphatic heterocycles. The monoisotopic (exact) mass is 380 g/mol. The minimum atomic E-state index is -1.07. The Kier molecular flexibility index (Phi) is 5.73. The van der Waals surface area contributed by atoms with Gasteiger partial charge in [-0.25, -0.2) is 9.79 Å². The van der Waals surface area contributed by atoms with E-state index in [-0.39, 0.29) is 17.2 Å². The summed E-state index contributed by atoms with van der Waals surface area (Å²) in [6, 6.07) is 13.7. The van der Waals surface area contributed by atoms with Crippen LogP contribution in [-0.4, -0.2) is 28.8 Å². The van der Waals surface area contributed by atoms with Crippen LogP contribution in [0.25, 0.3) is 6.08 Å². The first-order valence-electron chi connectivity index (χ1n) is 8.02. The number of carboxylic acid groups (broad SMARTS) is 1. The lowest BCUT2D eigenvalue weighted by molar-refractivity contribution is -0.115. The maximum atomic E-state index is 12.2. The summed E-state index contributed by atoms with van der Waals surface area (Å²) in [5.41, 5.74) is 1.20. The molecule has 2 aromatic rings. The van der Waals surface area contributed by atoms with Crippen LogP contribution in [0, 0.1) is 0 Å². The summed E-state index contributed by atoms with van der Waals surface area (Å²) in [5, 5.41) is 12.2. The number of ether oxygens (including phenoxy) is 1. The molecular weight excluding hydrogens is 364 g/mol. The maximum Gasteiger partial charge on any atom is 0.337 e. The summed E-state index contributed by atoms with van der Waals surface area (Å²) in [6.45, 7) is 4.02. The van der Waals surface area contributed by atoms with Crippen molar-refractivity contribution in [2.75, 3.05) is 6.61 Å². The number of aromatic carboxylic acids is 1. The SMILES string of the molecule is C=CCOc1ccc(C=C2SC(=Nc3ccccc3C(=O)O)NC2=O)cc1. The van der Waals surface area contributed by atoms with Gasteiger partial charge in [0.15, 0.2) is 5.17 Å². The van der Waals surface area contributed by atoms with Crippen LogP contribution in [0.4, 0.5) is 5.69 Å². The first-order chi connectivity index (χ1) is 13.1. The molecule has 136 valence electrons. The molecule has 0 bridgehead atoms. The van der Waals surface area contributed by atoms with Crippen LogP contribution in [0.5, 0.6) is 5.75 Å². The summed E-state index contributed by atoms with van der Waals surface area (Å²) in [5.74, 6) is -0.634. The van der Waals surface area contributed by atoms with Crippen LogP contribution >= 0.6 is 11.8 Å². The normalized spacial score (nSPS) is 16.4. The van der Waals surface area contributed by atoms with E-state index in [9.17, 15) is 14.7 Å². The van der Waals surface area contributed by atoms with Gasteiger partial charge in [0.2, 0.25) is 0 Å². The number of rotatable bonds is 6. The van der Waals surface area contributed by atoms with E-state index in [4.69, 9.17) is 4.74 Å². The molecule has 1 fully saturated rings. The van der Waals surface area contributed by atoms with Crippen molar-refractivity contribution in [3.05, 3.63) is 77.2 Å². The number of benzene rings is 2. The van der Waals surface area contributed by atoms with Crippen LogP contribution in [0.1, 0.15) is 15.9 Å². The highest BCUT2D eigenvalue weighted by Crippen LogP contribution is 2.29. The molecule has 6 nitrogen and oxygen atoms in total. The second kappa shape index (κ2) is 8.37. The molecule has 0 unspecified atom stereocenters. The van der Waals surface area contributed by atoms with Crippen molar-refractivity contribution in [3.8, 4) is 5.75 Å². The average Bonchev–Trinajstić information content (AvgIpc) is 3.00. The zero-order chi connectivity index (χ0) is 19.2. The molecular formula is C20H16N2O4S. The summed E-state index contributed by atoms with van der Waals surface area (Å²) in [4.78, 5) is 28.2. The van der Waals surface area contributed by atoms with Gasteiger partial charge in [-0.05, 0) is 47.7 Å². The number of carbonyl (C=O) groups excluding carboxylic acids is 1. The van der Waals surface area contributed by atoms with E-state index in [1.807, 2.05) is 24.3 Å². The number of carbonyl (C=O) groups is 2. The van der Waals surface area contributed by atoms with E-state index < -0.39 is 5.97 Å². The number of nitrogens with zero attached hydrogens (tertiary/aromatic N) is 1. The fraction of sp³-hybridized carbons (Fsp3) is 0.0500. The second-order valence-electron chi connectivity index (χ2n) is 5.47. The van der Waals surface area contributed by atoms with E-state index in [1.165, 1.54) is 6.07 Å². The maximum absolute atomic E-state index is 12.2. The number of aliphatic imine (C=N–C) groups is 1. The van der Waals surface area contributed by atoms with Crippen LogP contribution in [-0.2, 0) is 4.79 Å². The van der Waals surface area contributed by atoms with Gasteiger partial charge in [-0.3, -0.25) is 4.79 Å². The third-order valence-corrected chi connectivity index (χ3v) is 4.46. The predicted octanol–water partition coefficient (Wildman–Crippen LogP) is 3.84. The Morgan fingerprint density at radius 1 is 1.22 bits per heavy atom. The average molecular weight is 380 g/mol. The molecule has 1 amide bonds. The number of amidine groups is 1. The van der Waals surface area contributed by atoms with Gasteiger partial charge >= 0.3 is 5.97 Å². The molecule has 0 saturated carbocycles. The lowest BCUT2D eigenvalue weighted by Gasteiger charge is -2.03. The highest BCUT2D eigenvalue weighted by Gasteiger charge is 2.24. The molecule has 1 aliphatic rings. The summed E-state index contributed by atoms with van der Waals surface area (Å²) in [6.07, 6.45) is 3.40. The fourth-order valence-corrected chi connectivity index (χ4v) is 3.14. The molecule has 1 heterocycles. The van der Waals surface area contributed by atoms with Crippen LogP contribution in [0.15, 0.2) is 71.1 Å². The Balaban J connectivity index is 1.78. The van der Waals surface area contributed by atoms with Gasteiger partial charge in [0, 0.05) is 0 Å². The second-order valence-corrected chi connectivity index (χ2v) is 6.50. The number of carboxylic acids is 1. The van der Waals surface area contributed by atoms with Crippen molar-refractivity contribution in [3.63, 3.8) is 0 Å². The Hall–Kier alpha value is -3.32. The fourth-order valence-electron chi connectivity index (χ4n) is 2.31. The van der Waals surface area contributed by atoms with Gasteiger partial charge in [0.25, 0.3) is 5.91 Å². The van der Waals surface area contributed by atoms with Gasteiger partial charge < -0.3 is 15.2 Å². The summed E-state index contributed by atoms with van der Waals surface area (Å²) >= 11 is 1.16. The zero-order valence-corrected chi connectivity index (χ0v) is 15.0. The highest BCUT2D eigenvalue weighted by atomic mass is 32.2. The molecule has 1 saturated heterocycles. The Morgan fingerprint density at radius 2 is 1.96 bits per heavy atom. The molecule has 27 heavy (non-hydrogen) atoms. The van der Waals surface area contributed by atoms with E-state index in [1.54, 1.807) is 30.4 Å². The molecule has 0 atom stereocenters. The highest BCUT2D eigenvalue weighted by molar-refractivity contribution is 8.18. The molecule has 2 N–H and O–H groups in total. The Morgan fingerprint density at radius 3 is 2.67 bits per heavy atom. The lowest BCUT2D eigenvalue weighted by atomic mass is 10.2. The third kappa shape index (κ3) is 4.65. The molecule has 3 rings (SSSR count). The van der Waals surface area contributed by atoms with Crippen molar-refractivity contribution in [2.24, 2.45) is 4.99 Å². The smallest absolute Gasteiger partial charge is 0.337 e. The van der Waals surface area contributed by atoms with Gasteiger partial charge in [0.1, 0.15) is 12.4 Å². The van der Waals surface area contributed by atoms with Crippen molar-refractivity contribution in [1.29, 1.82) is 0 Å². The molecule has 0 spiro atoms. The van der Waals surface area contributed by atoms with E-state index in [0.717, 1.165) is 17.3 Å². The van der Waals surface area contributed by atoms with Crippen molar-refractivity contribution < 1.29 is 19.4 Å². The van der Waals surface area contributed by atoms with Gasteiger partial charge in [-0.2, -0.15) is 0 Å². The Bertz CT molecular complexity index is 949. The number of nitrogens with one attached hydrogen (secondary N) is 1. The van der Waals surface area contributed by atoms with Gasteiger partial charge in [-0.1, -0.05) is 36.9 Å². The molecule has 0 aliphatic carbocycles. The lowest BCUT2D eigenvalue weighted by Crippen LogP contribution is -2.19. The van der Waals surface area contributed by atoms with Gasteiger partial charge in [0.05, 0.1) is 16.2 Å². The number of thioether (sulfide) groups is 1. The van der Waals surface area contributed by atoms with Crippen molar-refractivity contribution >= 4 is 40.6 Å². The van der Waals surface area contributed by atoms with E-state index >= 15 is 0 Å². The molecule has 0 radical (unpaired) electrons. The third-order valence-electron chi connectivity index (χ3n) is 3.55. The standard InChI is InChI=1S/C20H16N2O4S/c1-2-11-26-14-9-7-13(8-10-14)12-17-18(23)22-20(27-17)21-16-6-4-3-5-15(16)19(24)25/h2-10,12H,1,11H2,(H,24,25)(H,21,22,23). The van der Waals surface area contributed by atoms with Crippen LogP contribution in [0.2, 0.25) is 0 Å². The number of amides is 1. The largest absolute Gasteiger partial charge is 0.490 e. The van der Waals surface area contributed by atoms with E-state index in [0.29, 0.717) is 22.4 Å². The van der Waals surface area contributed by atoms with E-state index in [2.05, 4.69) is 16.9 Å². The number of para-hydroxylation sites is 1. The number of hydrogen-bond acceptors (Lipinski definition) is 5. The van der Waals surface area contributed by atoms with Gasteiger partial charge in [-0.15, -0.1) is 0 Å².